The van der Waals surface area contributed by atoms with E-state index in [-0.39, 0.29) is 28.3 Å². The molecule has 3 heterocycles. The molecule has 2 saturated carbocycles. The van der Waals surface area contributed by atoms with Gasteiger partial charge in [0.25, 0.3) is 0 Å². The Kier molecular flexibility index (Phi) is 2.53. The van der Waals surface area contributed by atoms with Gasteiger partial charge in [-0.1, -0.05) is 20.8 Å². The van der Waals surface area contributed by atoms with E-state index in [9.17, 15) is 5.11 Å². The van der Waals surface area contributed by atoms with Crippen molar-refractivity contribution in [2.75, 3.05) is 0 Å². The van der Waals surface area contributed by atoms with E-state index in [1.165, 1.54) is 0 Å². The Labute approximate surface area is 140 Å². The molecule has 0 aromatic carbocycles. The predicted molar refractivity (Wildman–Crippen MR) is 88.1 cm³/mol. The van der Waals surface area contributed by atoms with E-state index >= 15 is 0 Å². The van der Waals surface area contributed by atoms with Gasteiger partial charge < -0.3 is 14.6 Å². The van der Waals surface area contributed by atoms with Gasteiger partial charge >= 0.3 is 0 Å². The molecule has 1 spiro atoms. The minimum Gasteiger partial charge on any atom is -0.389 e. The van der Waals surface area contributed by atoms with E-state index in [0.717, 1.165) is 38.5 Å². The van der Waals surface area contributed by atoms with E-state index in [1.807, 2.05) is 0 Å². The van der Waals surface area contributed by atoms with Gasteiger partial charge in [-0.05, 0) is 69.6 Å². The molecule has 3 saturated heterocycles. The minimum atomic E-state index is -0.531. The molecule has 0 amide bonds. The molecule has 5 aliphatic rings. The van der Waals surface area contributed by atoms with Crippen LogP contribution in [0.1, 0.15) is 73.1 Å². The standard InChI is InChI=1S/C20H32O3/c1-12(2)19(21)9-8-16(3)10-14-17(4)7-6-15-18(5,23-17)20(14,22-15)11-13(16)19/h12-15,21H,6-11H2,1-5H3/t13-,14-,15-,16-,17+,18-,19-,20+/m1/s1. The summed E-state index contributed by atoms with van der Waals surface area (Å²) >= 11 is 0. The lowest BCUT2D eigenvalue weighted by atomic mass is 9.51. The molecule has 3 nitrogen and oxygen atoms in total. The molecule has 130 valence electrons. The van der Waals surface area contributed by atoms with E-state index in [4.69, 9.17) is 9.47 Å². The van der Waals surface area contributed by atoms with Crippen LogP contribution in [0.5, 0.6) is 0 Å². The number of rotatable bonds is 1. The summed E-state index contributed by atoms with van der Waals surface area (Å²) in [6.45, 7) is 11.4. The Morgan fingerprint density at radius 3 is 2.43 bits per heavy atom. The van der Waals surface area contributed by atoms with Crippen molar-refractivity contribution >= 4 is 0 Å². The molecule has 1 N–H and O–H groups in total. The van der Waals surface area contributed by atoms with Crippen molar-refractivity contribution in [1.82, 2.24) is 0 Å². The van der Waals surface area contributed by atoms with Gasteiger partial charge in [-0.2, -0.15) is 0 Å². The van der Waals surface area contributed by atoms with Crippen molar-refractivity contribution in [2.24, 2.45) is 23.2 Å². The zero-order valence-electron chi connectivity index (χ0n) is 15.3. The summed E-state index contributed by atoms with van der Waals surface area (Å²) in [7, 11) is 0. The van der Waals surface area contributed by atoms with E-state index < -0.39 is 5.60 Å². The molecule has 0 aromatic rings. The molecule has 5 rings (SSSR count). The number of ether oxygens (including phenoxy) is 2. The van der Waals surface area contributed by atoms with Gasteiger partial charge in [0.05, 0.1) is 17.3 Å². The van der Waals surface area contributed by atoms with Gasteiger partial charge in [-0.25, -0.2) is 0 Å². The Morgan fingerprint density at radius 1 is 1.00 bits per heavy atom. The van der Waals surface area contributed by atoms with Gasteiger partial charge in [-0.3, -0.25) is 0 Å². The first-order chi connectivity index (χ1) is 10.6. The number of aliphatic hydroxyl groups is 1. The maximum Gasteiger partial charge on any atom is 0.121 e. The van der Waals surface area contributed by atoms with Crippen molar-refractivity contribution in [1.29, 1.82) is 0 Å². The third-order valence-corrected chi connectivity index (χ3v) is 9.17. The second-order valence-electron chi connectivity index (χ2n) is 10.4. The first-order valence-electron chi connectivity index (χ1n) is 9.70. The van der Waals surface area contributed by atoms with Crippen molar-refractivity contribution in [2.45, 2.75) is 102 Å². The van der Waals surface area contributed by atoms with Gasteiger partial charge in [0.15, 0.2) is 0 Å². The Hall–Kier alpha value is -0.120. The molecule has 3 heteroatoms. The lowest BCUT2D eigenvalue weighted by molar-refractivity contribution is -0.360. The summed E-state index contributed by atoms with van der Waals surface area (Å²) in [5.41, 5.74) is -0.568. The SMILES string of the molecule is CC(C)[C@]1(O)CC[C@]2(C)C[C@H]3[C@]4(C[C@H]21)O[C@@H]1CC[C@]3(C)O[C@]14C. The number of fused-ring (bicyclic) bond motifs is 3. The molecule has 23 heavy (non-hydrogen) atoms. The highest BCUT2D eigenvalue weighted by atomic mass is 16.7. The first kappa shape index (κ1) is 15.2. The van der Waals surface area contributed by atoms with Crippen molar-refractivity contribution < 1.29 is 14.6 Å². The molecule has 5 fully saturated rings. The predicted octanol–water partition coefficient (Wildman–Crippen LogP) is 3.68. The van der Waals surface area contributed by atoms with Gasteiger partial charge in [0, 0.05) is 5.92 Å². The van der Waals surface area contributed by atoms with Crippen LogP contribution in [0.15, 0.2) is 0 Å². The zero-order chi connectivity index (χ0) is 16.5. The van der Waals surface area contributed by atoms with Crippen LogP contribution >= 0.6 is 0 Å². The molecule has 2 bridgehead atoms. The maximum absolute atomic E-state index is 11.5. The second kappa shape index (κ2) is 3.83. The smallest absolute Gasteiger partial charge is 0.121 e. The van der Waals surface area contributed by atoms with Crippen molar-refractivity contribution in [3.05, 3.63) is 0 Å². The van der Waals surface area contributed by atoms with E-state index in [2.05, 4.69) is 34.6 Å². The molecule has 2 aliphatic carbocycles. The van der Waals surface area contributed by atoms with Gasteiger partial charge in [0.2, 0.25) is 0 Å². The number of hydrogen-bond acceptors (Lipinski definition) is 3. The third kappa shape index (κ3) is 1.39. The number of hydrogen-bond donors (Lipinski definition) is 1. The Balaban J connectivity index is 1.61. The Bertz CT molecular complexity index is 575. The monoisotopic (exact) mass is 320 g/mol. The van der Waals surface area contributed by atoms with Crippen molar-refractivity contribution in [3.8, 4) is 0 Å². The topological polar surface area (TPSA) is 38.7 Å². The fourth-order valence-corrected chi connectivity index (χ4v) is 7.64. The molecular weight excluding hydrogens is 288 g/mol. The summed E-state index contributed by atoms with van der Waals surface area (Å²) in [5, 5.41) is 11.5. The van der Waals surface area contributed by atoms with Crippen molar-refractivity contribution in [3.63, 3.8) is 0 Å². The van der Waals surface area contributed by atoms with Crippen LogP contribution in [0.2, 0.25) is 0 Å². The normalized spacial score (nSPS) is 66.1. The van der Waals surface area contributed by atoms with Crippen LogP contribution in [0.25, 0.3) is 0 Å². The first-order valence-corrected chi connectivity index (χ1v) is 9.70. The van der Waals surface area contributed by atoms with Gasteiger partial charge in [0.1, 0.15) is 11.2 Å². The molecule has 3 aliphatic heterocycles. The zero-order valence-corrected chi connectivity index (χ0v) is 15.3. The largest absolute Gasteiger partial charge is 0.389 e. The molecule has 8 atom stereocenters. The summed E-state index contributed by atoms with van der Waals surface area (Å²) in [5.74, 6) is 1.15. The molecule has 0 radical (unpaired) electrons. The molecule has 0 aromatic heterocycles. The average molecular weight is 320 g/mol. The van der Waals surface area contributed by atoms with Crippen LogP contribution in [0.4, 0.5) is 0 Å². The van der Waals surface area contributed by atoms with Gasteiger partial charge in [-0.15, -0.1) is 0 Å². The third-order valence-electron chi connectivity index (χ3n) is 9.17. The second-order valence-corrected chi connectivity index (χ2v) is 10.4. The van der Waals surface area contributed by atoms with Crippen LogP contribution in [0.3, 0.4) is 0 Å². The summed E-state index contributed by atoms with van der Waals surface area (Å²) in [6.07, 6.45) is 6.80. The fraction of sp³-hybridized carbons (Fsp3) is 1.00. The summed E-state index contributed by atoms with van der Waals surface area (Å²) < 4.78 is 13.3. The van der Waals surface area contributed by atoms with Crippen LogP contribution in [-0.4, -0.2) is 33.6 Å². The maximum atomic E-state index is 11.5. The fourth-order valence-electron chi connectivity index (χ4n) is 7.64. The van der Waals surface area contributed by atoms with E-state index in [0.29, 0.717) is 17.8 Å². The molecule has 0 unspecified atom stereocenters. The Morgan fingerprint density at radius 2 is 1.74 bits per heavy atom. The quantitative estimate of drug-likeness (QED) is 0.801. The van der Waals surface area contributed by atoms with Crippen LogP contribution in [-0.2, 0) is 9.47 Å². The van der Waals surface area contributed by atoms with Crippen LogP contribution < -0.4 is 0 Å². The summed E-state index contributed by atoms with van der Waals surface area (Å²) in [6, 6.07) is 0. The minimum absolute atomic E-state index is 0.0196. The summed E-state index contributed by atoms with van der Waals surface area (Å²) in [4.78, 5) is 0. The lowest BCUT2D eigenvalue weighted by Crippen LogP contribution is -2.75. The highest BCUT2D eigenvalue weighted by molar-refractivity contribution is 5.31. The molecular formula is C20H32O3. The average Bonchev–Trinajstić information content (AvgIpc) is 2.71. The van der Waals surface area contributed by atoms with E-state index in [1.54, 1.807) is 0 Å². The van der Waals surface area contributed by atoms with Crippen LogP contribution in [0, 0.1) is 23.2 Å². The highest BCUT2D eigenvalue weighted by Gasteiger charge is 2.83. The highest BCUT2D eigenvalue weighted by Crippen LogP contribution is 2.75. The lowest BCUT2D eigenvalue weighted by Gasteiger charge is -2.64.